The second-order valence-corrected chi connectivity index (χ2v) is 17.4. The van der Waals surface area contributed by atoms with Crippen molar-refractivity contribution < 1.29 is 38.4 Å². The fraction of sp³-hybridized carbons (Fsp3) is 0.619. The lowest BCUT2D eigenvalue weighted by molar-refractivity contribution is -0.136. The molecule has 1 aliphatic carbocycles. The van der Waals surface area contributed by atoms with E-state index >= 15 is 0 Å². The highest BCUT2D eigenvalue weighted by molar-refractivity contribution is 7.80. The first kappa shape index (κ1) is 55.5. The van der Waals surface area contributed by atoms with Gasteiger partial charge < -0.3 is 71.6 Å². The van der Waals surface area contributed by atoms with Crippen LogP contribution in [-0.2, 0) is 51.3 Å². The fourth-order valence-corrected chi connectivity index (χ4v) is 8.29. The molecular formula is C42H69N15O8S2. The minimum Gasteiger partial charge on any atom is -0.370 e. The van der Waals surface area contributed by atoms with Gasteiger partial charge >= 0.3 is 0 Å². The summed E-state index contributed by atoms with van der Waals surface area (Å²) in [5.74, 6) is -6.57. The molecule has 0 bridgehead atoms. The summed E-state index contributed by atoms with van der Waals surface area (Å²) in [6, 6.07) is -0.528. The van der Waals surface area contributed by atoms with Crippen LogP contribution in [0.2, 0.25) is 0 Å². The number of carbonyl (C=O) groups is 8. The number of thiol groups is 2. The number of rotatable bonds is 28. The number of guanidine groups is 2. The lowest BCUT2D eigenvalue weighted by Crippen LogP contribution is -2.60. The molecule has 8 amide bonds. The Labute approximate surface area is 401 Å². The van der Waals surface area contributed by atoms with Crippen molar-refractivity contribution in [2.45, 2.75) is 132 Å². The van der Waals surface area contributed by atoms with Crippen LogP contribution in [0, 0.1) is 5.92 Å². The molecule has 1 aromatic carbocycles. The molecule has 372 valence electrons. The Hall–Kier alpha value is -5.82. The van der Waals surface area contributed by atoms with Gasteiger partial charge in [0.05, 0.1) is 6.04 Å². The number of carbonyl (C=O) groups excluding carboxylic acids is 8. The van der Waals surface area contributed by atoms with E-state index in [4.69, 9.17) is 34.4 Å². The third-order valence-electron chi connectivity index (χ3n) is 11.5. The zero-order valence-electron chi connectivity index (χ0n) is 37.7. The van der Waals surface area contributed by atoms with E-state index in [0.717, 1.165) is 43.2 Å². The van der Waals surface area contributed by atoms with Crippen LogP contribution in [0.1, 0.15) is 88.2 Å². The Morgan fingerprint density at radius 2 is 1.06 bits per heavy atom. The molecule has 23 nitrogen and oxygen atoms in total. The summed E-state index contributed by atoms with van der Waals surface area (Å²) >= 11 is 8.26. The zero-order chi connectivity index (χ0) is 49.5. The number of hydrogen-bond acceptors (Lipinski definition) is 13. The van der Waals surface area contributed by atoms with E-state index in [1.807, 2.05) is 24.3 Å². The normalized spacial score (nSPS) is 17.3. The summed E-state index contributed by atoms with van der Waals surface area (Å²) in [6.45, 7) is 0.652. The van der Waals surface area contributed by atoms with Gasteiger partial charge in [0.1, 0.15) is 36.3 Å². The number of benzene rings is 1. The minimum atomic E-state index is -1.45. The smallest absolute Gasteiger partial charge is 0.244 e. The lowest BCUT2D eigenvalue weighted by atomic mass is 9.84. The van der Waals surface area contributed by atoms with Crippen LogP contribution in [0.25, 0.3) is 0 Å². The first-order chi connectivity index (χ1) is 31.9. The van der Waals surface area contributed by atoms with Crippen LogP contribution >= 0.6 is 25.3 Å². The molecular weight excluding hydrogens is 907 g/mol. The fourth-order valence-electron chi connectivity index (χ4n) is 7.76. The van der Waals surface area contributed by atoms with E-state index in [1.165, 1.54) is 0 Å². The van der Waals surface area contributed by atoms with E-state index in [1.54, 1.807) is 0 Å². The van der Waals surface area contributed by atoms with Crippen molar-refractivity contribution in [1.82, 2.24) is 37.2 Å². The van der Waals surface area contributed by atoms with Gasteiger partial charge in [-0.1, -0.05) is 56.4 Å². The van der Waals surface area contributed by atoms with Crippen molar-refractivity contribution in [1.29, 1.82) is 0 Å². The second-order valence-electron chi connectivity index (χ2n) is 16.7. The first-order valence-corrected chi connectivity index (χ1v) is 23.7. The number of nitrogens with one attached hydrogen (secondary N) is 7. The number of amides is 8. The number of primary amides is 2. The molecule has 1 aromatic rings. The van der Waals surface area contributed by atoms with Crippen molar-refractivity contribution >= 4 is 84.4 Å². The lowest BCUT2D eigenvalue weighted by Gasteiger charge is -2.30. The topological polar surface area (TPSA) is 402 Å². The molecule has 1 heterocycles. The Balaban J connectivity index is 1.88. The average Bonchev–Trinajstić information content (AvgIpc) is 3.29. The van der Waals surface area contributed by atoms with Gasteiger partial charge in [-0.25, -0.2) is 0 Å². The van der Waals surface area contributed by atoms with E-state index in [9.17, 15) is 38.4 Å². The van der Waals surface area contributed by atoms with Gasteiger partial charge in [-0.2, -0.15) is 25.3 Å². The molecule has 0 aromatic heterocycles. The molecule has 67 heavy (non-hydrogen) atoms. The molecule has 25 heteroatoms. The minimum absolute atomic E-state index is 0.0255. The average molecular weight is 976 g/mol. The van der Waals surface area contributed by atoms with E-state index in [2.05, 4.69) is 72.5 Å². The van der Waals surface area contributed by atoms with Crippen molar-refractivity contribution in [2.75, 3.05) is 24.6 Å². The molecule has 3 rings (SSSR count). The van der Waals surface area contributed by atoms with Crippen molar-refractivity contribution in [2.24, 2.45) is 50.3 Å². The van der Waals surface area contributed by atoms with Gasteiger partial charge in [0.25, 0.3) is 0 Å². The summed E-state index contributed by atoms with van der Waals surface area (Å²) < 4.78 is 0. The van der Waals surface area contributed by atoms with Crippen molar-refractivity contribution in [3.63, 3.8) is 0 Å². The van der Waals surface area contributed by atoms with E-state index < -0.39 is 89.6 Å². The summed E-state index contributed by atoms with van der Waals surface area (Å²) in [7, 11) is 0. The second kappa shape index (κ2) is 29.0. The molecule has 0 spiro atoms. The van der Waals surface area contributed by atoms with Gasteiger partial charge in [0.2, 0.25) is 47.3 Å². The Morgan fingerprint density at radius 3 is 1.58 bits per heavy atom. The zero-order valence-corrected chi connectivity index (χ0v) is 39.5. The van der Waals surface area contributed by atoms with Gasteiger partial charge in [-0.15, -0.1) is 0 Å². The molecule has 0 saturated heterocycles. The first-order valence-electron chi connectivity index (χ1n) is 22.4. The summed E-state index contributed by atoms with van der Waals surface area (Å²) in [5.41, 5.74) is 34.9. The highest BCUT2D eigenvalue weighted by Crippen LogP contribution is 2.27. The highest BCUT2D eigenvalue weighted by Gasteiger charge is 2.35. The van der Waals surface area contributed by atoms with Crippen LogP contribution in [0.4, 0.5) is 0 Å². The molecule has 1 saturated carbocycles. The third kappa shape index (κ3) is 19.9. The quantitative estimate of drug-likeness (QED) is 0.0167. The SMILES string of the molecule is NC(=O)CC[C@H](NC(=O)[C@@H](CCCN=C(N)N)NC(=O)[C@@H](CCCN=C(N)N)NC(=O)[C@@H]1Cc2ccccc2CN1)C(=O)N[C@@H](CC1CCCCC1)C(=O)N[C@@H](CS)C(=O)N[C@@H](CS)C(N)=O. The number of hydrogen-bond donors (Lipinski definition) is 15. The maximum absolute atomic E-state index is 14.2. The van der Waals surface area contributed by atoms with Crippen LogP contribution in [0.15, 0.2) is 34.3 Å². The Bertz CT molecular complexity index is 1930. The van der Waals surface area contributed by atoms with E-state index in [0.29, 0.717) is 13.0 Å². The predicted molar refractivity (Wildman–Crippen MR) is 259 cm³/mol. The van der Waals surface area contributed by atoms with Crippen molar-refractivity contribution in [3.8, 4) is 0 Å². The van der Waals surface area contributed by atoms with E-state index in [-0.39, 0.29) is 87.4 Å². The molecule has 2 aliphatic rings. The molecule has 0 unspecified atom stereocenters. The van der Waals surface area contributed by atoms with Crippen LogP contribution in [-0.4, -0.2) is 126 Å². The Morgan fingerprint density at radius 1 is 0.597 bits per heavy atom. The molecule has 1 aliphatic heterocycles. The number of aliphatic imine (C=N–C) groups is 2. The van der Waals surface area contributed by atoms with Crippen molar-refractivity contribution in [3.05, 3.63) is 35.4 Å². The maximum Gasteiger partial charge on any atom is 0.244 e. The number of nitrogens with two attached hydrogens (primary N) is 6. The molecule has 19 N–H and O–H groups in total. The van der Waals surface area contributed by atoms with Crippen LogP contribution in [0.5, 0.6) is 0 Å². The Kier molecular flexibility index (Phi) is 24.1. The molecule has 0 radical (unpaired) electrons. The summed E-state index contributed by atoms with van der Waals surface area (Å²) in [4.78, 5) is 115. The molecule has 1 fully saturated rings. The molecule has 7 atom stereocenters. The van der Waals surface area contributed by atoms with Gasteiger partial charge in [0.15, 0.2) is 11.9 Å². The van der Waals surface area contributed by atoms with Crippen LogP contribution in [0.3, 0.4) is 0 Å². The standard InChI is InChI=1S/C42H69N15O8S2/c43-33(58)15-14-28(37(62)55-30(18-23-8-2-1-3-9-23)39(64)57-32(22-67)40(65)56-31(21-66)34(44)59)54-36(61)26(12-6-16-49-41(45)46)52-35(60)27(13-7-17-50-42(47)48)53-38(63)29-19-24-10-4-5-11-25(24)20-51-29/h4-5,10-11,23,26-32,51,66-67H,1-3,6-9,12-22H2,(H2,43,58)(H2,44,59)(H,52,60)(H,53,63)(H,54,61)(H,55,62)(H,56,65)(H,57,64)(H4,45,46,49)(H4,47,48,50)/t26-,27-,28+,29+,30+,31+,32+/m1/s1. The monoisotopic (exact) mass is 975 g/mol. The van der Waals surface area contributed by atoms with Gasteiger partial charge in [-0.05, 0) is 62.0 Å². The summed E-state index contributed by atoms with van der Waals surface area (Å²) in [5, 5.41) is 19.1. The number of nitrogens with zero attached hydrogens (tertiary/aromatic N) is 2. The third-order valence-corrected chi connectivity index (χ3v) is 12.2. The predicted octanol–water partition coefficient (Wildman–Crippen LogP) is -3.70. The van der Waals surface area contributed by atoms with Gasteiger partial charge in [0, 0.05) is 37.6 Å². The largest absolute Gasteiger partial charge is 0.370 e. The number of fused-ring (bicyclic) bond motifs is 1. The van der Waals surface area contributed by atoms with Gasteiger partial charge in [-0.3, -0.25) is 48.3 Å². The highest BCUT2D eigenvalue weighted by atomic mass is 32.1. The summed E-state index contributed by atoms with van der Waals surface area (Å²) in [6.07, 6.45) is 4.78. The van der Waals surface area contributed by atoms with Crippen LogP contribution < -0.4 is 71.6 Å². The maximum atomic E-state index is 14.2.